The molecule has 0 aromatic carbocycles. The number of likely N-dealkylation sites (N-methyl/N-ethyl adjacent to an activating group) is 1. The number of amides is 1. The number of hydrogen-bond acceptors (Lipinski definition) is 6. The Hall–Kier alpha value is -1.93. The number of aromatic nitrogens is 2. The van der Waals surface area contributed by atoms with Crippen LogP contribution in [0.5, 0.6) is 0 Å². The number of morpholine rings is 1. The highest BCUT2D eigenvalue weighted by atomic mass is 16.6. The number of nitrogens with zero attached hydrogens (tertiary/aromatic N) is 3. The number of ether oxygens (including phenoxy) is 2. The summed E-state index contributed by atoms with van der Waals surface area (Å²) in [5.41, 5.74) is 4.15. The van der Waals surface area contributed by atoms with Gasteiger partial charge in [-0.05, 0) is 39.5 Å². The largest absolute Gasteiger partial charge is 0.383 e. The summed E-state index contributed by atoms with van der Waals surface area (Å²) in [7, 11) is 1.74. The number of likely N-dealkylation sites (tertiary alicyclic amines) is 1. The van der Waals surface area contributed by atoms with Crippen molar-refractivity contribution < 1.29 is 14.3 Å². The molecule has 2 fully saturated rings. The average molecular weight is 393 g/mol. The lowest BCUT2D eigenvalue weighted by Gasteiger charge is -2.38. The van der Waals surface area contributed by atoms with Gasteiger partial charge in [-0.15, -0.1) is 0 Å². The van der Waals surface area contributed by atoms with Crippen molar-refractivity contribution >= 4 is 11.7 Å². The van der Waals surface area contributed by atoms with Crippen LogP contribution in [0.2, 0.25) is 0 Å². The standard InChI is InChI=1S/C20H32N4O4/c1-11-9-24(17(26)22-14(11)21)15-12-13(27-19(5,6)7)20(28-15,10-18(2,3)4)16(25)23(12)8/h9,12-13,15H,10H2,1-8H3,(H2,21,22,26)/t12?,13-,15-,20-/m1/s1. The van der Waals surface area contributed by atoms with Crippen molar-refractivity contribution in [2.45, 2.75) is 84.5 Å². The van der Waals surface area contributed by atoms with E-state index in [-0.39, 0.29) is 17.1 Å². The topological polar surface area (TPSA) is 99.7 Å². The van der Waals surface area contributed by atoms with Crippen LogP contribution in [-0.4, -0.2) is 50.8 Å². The van der Waals surface area contributed by atoms with Gasteiger partial charge in [0.25, 0.3) is 5.91 Å². The van der Waals surface area contributed by atoms with Crippen LogP contribution >= 0.6 is 0 Å². The van der Waals surface area contributed by atoms with Crippen LogP contribution in [0.25, 0.3) is 0 Å². The maximum absolute atomic E-state index is 13.2. The highest BCUT2D eigenvalue weighted by Gasteiger charge is 2.70. The fourth-order valence-electron chi connectivity index (χ4n) is 4.31. The summed E-state index contributed by atoms with van der Waals surface area (Å²) >= 11 is 0. The Bertz CT molecular complexity index is 851. The van der Waals surface area contributed by atoms with Gasteiger partial charge in [-0.2, -0.15) is 4.98 Å². The number of carbonyl (C=O) groups excluding carboxylic acids is 1. The van der Waals surface area contributed by atoms with E-state index in [0.717, 1.165) is 0 Å². The van der Waals surface area contributed by atoms with Crippen LogP contribution < -0.4 is 11.4 Å². The summed E-state index contributed by atoms with van der Waals surface area (Å²) < 4.78 is 14.2. The minimum absolute atomic E-state index is 0.105. The molecule has 2 N–H and O–H groups in total. The number of anilines is 1. The molecule has 2 bridgehead atoms. The van der Waals surface area contributed by atoms with E-state index in [1.165, 1.54) is 4.57 Å². The van der Waals surface area contributed by atoms with Gasteiger partial charge in [0.1, 0.15) is 18.0 Å². The van der Waals surface area contributed by atoms with Crippen molar-refractivity contribution in [2.75, 3.05) is 12.8 Å². The third-order valence-corrected chi connectivity index (χ3v) is 5.24. The summed E-state index contributed by atoms with van der Waals surface area (Å²) in [6, 6.07) is -0.434. The lowest BCUT2D eigenvalue weighted by atomic mass is 9.79. The molecule has 156 valence electrons. The molecule has 8 nitrogen and oxygen atoms in total. The quantitative estimate of drug-likeness (QED) is 0.843. The maximum atomic E-state index is 13.2. The molecule has 2 aliphatic rings. The first-order valence-corrected chi connectivity index (χ1v) is 9.64. The third-order valence-electron chi connectivity index (χ3n) is 5.24. The summed E-state index contributed by atoms with van der Waals surface area (Å²) in [5, 5.41) is 0. The zero-order valence-corrected chi connectivity index (χ0v) is 18.1. The Kier molecular flexibility index (Phi) is 4.67. The van der Waals surface area contributed by atoms with Crippen molar-refractivity contribution in [3.8, 4) is 0 Å². The van der Waals surface area contributed by atoms with E-state index in [0.29, 0.717) is 12.0 Å². The monoisotopic (exact) mass is 392 g/mol. The molecule has 2 saturated heterocycles. The predicted octanol–water partition coefficient (Wildman–Crippen LogP) is 1.86. The number of nitrogens with two attached hydrogens (primary N) is 1. The van der Waals surface area contributed by atoms with Gasteiger partial charge in [-0.25, -0.2) is 4.79 Å². The van der Waals surface area contributed by atoms with Gasteiger partial charge in [0.2, 0.25) is 0 Å². The van der Waals surface area contributed by atoms with E-state index in [1.54, 1.807) is 25.1 Å². The lowest BCUT2D eigenvalue weighted by Crippen LogP contribution is -2.52. The minimum atomic E-state index is -1.15. The Morgan fingerprint density at radius 3 is 2.39 bits per heavy atom. The first-order chi connectivity index (χ1) is 12.7. The molecule has 0 radical (unpaired) electrons. The van der Waals surface area contributed by atoms with Gasteiger partial charge in [-0.3, -0.25) is 9.36 Å². The van der Waals surface area contributed by atoms with Gasteiger partial charge < -0.3 is 20.1 Å². The second kappa shape index (κ2) is 6.29. The minimum Gasteiger partial charge on any atom is -0.383 e. The molecular formula is C20H32N4O4. The summed E-state index contributed by atoms with van der Waals surface area (Å²) in [6.45, 7) is 13.8. The highest BCUT2D eigenvalue weighted by molar-refractivity contribution is 5.90. The first-order valence-electron chi connectivity index (χ1n) is 9.64. The number of rotatable bonds is 3. The molecule has 0 aliphatic carbocycles. The molecular weight excluding hydrogens is 360 g/mol. The Morgan fingerprint density at radius 1 is 1.25 bits per heavy atom. The van der Waals surface area contributed by atoms with Gasteiger partial charge in [0.15, 0.2) is 11.8 Å². The van der Waals surface area contributed by atoms with E-state index < -0.39 is 35.3 Å². The molecule has 28 heavy (non-hydrogen) atoms. The molecule has 0 saturated carbocycles. The normalized spacial score (nSPS) is 30.4. The smallest absolute Gasteiger partial charge is 0.351 e. The van der Waals surface area contributed by atoms with E-state index in [2.05, 4.69) is 25.8 Å². The molecule has 1 aromatic heterocycles. The molecule has 0 spiro atoms. The Morgan fingerprint density at radius 2 is 1.86 bits per heavy atom. The SMILES string of the molecule is Cc1cn([C@@H]2O[C@@]3(CC(C)(C)C)C(=O)N(C)C2[C@H]3OC(C)(C)C)c(=O)nc1N. The van der Waals surface area contributed by atoms with Crippen molar-refractivity contribution in [3.63, 3.8) is 0 Å². The van der Waals surface area contributed by atoms with Crippen molar-refractivity contribution in [1.29, 1.82) is 0 Å². The molecule has 2 aliphatic heterocycles. The van der Waals surface area contributed by atoms with Crippen molar-refractivity contribution in [3.05, 3.63) is 22.2 Å². The van der Waals surface area contributed by atoms with Crippen LogP contribution in [0.4, 0.5) is 5.82 Å². The Labute approximate surface area is 166 Å². The van der Waals surface area contributed by atoms with Crippen LogP contribution in [0.3, 0.4) is 0 Å². The molecule has 1 unspecified atom stereocenters. The van der Waals surface area contributed by atoms with E-state index in [4.69, 9.17) is 15.2 Å². The van der Waals surface area contributed by atoms with Crippen LogP contribution in [0.15, 0.2) is 11.0 Å². The molecule has 1 aromatic rings. The number of carbonyl (C=O) groups is 1. The number of nitrogen functional groups attached to an aromatic ring is 1. The van der Waals surface area contributed by atoms with Gasteiger partial charge in [-0.1, -0.05) is 20.8 Å². The van der Waals surface area contributed by atoms with Crippen LogP contribution in [0.1, 0.15) is 59.8 Å². The lowest BCUT2D eigenvalue weighted by molar-refractivity contribution is -0.186. The zero-order chi connectivity index (χ0) is 21.2. The molecule has 3 heterocycles. The summed E-state index contributed by atoms with van der Waals surface area (Å²) in [5.74, 6) is 0.0897. The average Bonchev–Trinajstić information content (AvgIpc) is 2.88. The van der Waals surface area contributed by atoms with Gasteiger partial charge in [0, 0.05) is 18.8 Å². The Balaban J connectivity index is 2.14. The molecule has 1 amide bonds. The second-order valence-electron chi connectivity index (χ2n) is 10.2. The van der Waals surface area contributed by atoms with Gasteiger partial charge >= 0.3 is 5.69 Å². The molecule has 4 atom stereocenters. The van der Waals surface area contributed by atoms with E-state index in [1.807, 2.05) is 20.8 Å². The maximum Gasteiger partial charge on any atom is 0.351 e. The van der Waals surface area contributed by atoms with Crippen molar-refractivity contribution in [2.24, 2.45) is 5.41 Å². The third kappa shape index (κ3) is 3.33. The fourth-order valence-corrected chi connectivity index (χ4v) is 4.31. The van der Waals surface area contributed by atoms with E-state index >= 15 is 0 Å². The summed E-state index contributed by atoms with van der Waals surface area (Å²) in [6.07, 6.45) is 0.941. The van der Waals surface area contributed by atoms with Gasteiger partial charge in [0.05, 0.1) is 5.60 Å². The summed E-state index contributed by atoms with van der Waals surface area (Å²) in [4.78, 5) is 31.4. The predicted molar refractivity (Wildman–Crippen MR) is 106 cm³/mol. The zero-order valence-electron chi connectivity index (χ0n) is 18.1. The van der Waals surface area contributed by atoms with Crippen LogP contribution in [0, 0.1) is 12.3 Å². The molecule has 3 rings (SSSR count). The number of fused-ring (bicyclic) bond motifs is 2. The van der Waals surface area contributed by atoms with Crippen molar-refractivity contribution in [1.82, 2.24) is 14.5 Å². The number of hydrogen-bond donors (Lipinski definition) is 1. The first kappa shape index (κ1) is 20.8. The van der Waals surface area contributed by atoms with Crippen LogP contribution in [-0.2, 0) is 14.3 Å². The molecule has 8 heteroatoms. The fraction of sp³-hybridized carbons (Fsp3) is 0.750. The van der Waals surface area contributed by atoms with E-state index in [9.17, 15) is 9.59 Å². The highest BCUT2D eigenvalue weighted by Crippen LogP contribution is 2.53. The second-order valence-corrected chi connectivity index (χ2v) is 10.2. The number of aryl methyl sites for hydroxylation is 1.